The second-order valence-corrected chi connectivity index (χ2v) is 3.94. The summed E-state index contributed by atoms with van der Waals surface area (Å²) in [7, 11) is 0. The van der Waals surface area contributed by atoms with Crippen molar-refractivity contribution in [3.8, 4) is 11.1 Å². The Bertz CT molecular complexity index is 410. The maximum atomic E-state index is 2.18. The van der Waals surface area contributed by atoms with Gasteiger partial charge in [0.2, 0.25) is 0 Å². The smallest absolute Gasteiger partial charge is 0.0622 e. The molecule has 15 heavy (non-hydrogen) atoms. The highest BCUT2D eigenvalue weighted by atomic mass is 14.0. The highest BCUT2D eigenvalue weighted by Gasteiger charge is 2.07. The van der Waals surface area contributed by atoms with Crippen molar-refractivity contribution in [2.75, 3.05) is 0 Å². The molecule has 0 aromatic heterocycles. The van der Waals surface area contributed by atoms with Gasteiger partial charge in [0.05, 0.1) is 0 Å². The van der Waals surface area contributed by atoms with Crippen LogP contribution in [-0.2, 0) is 0 Å². The van der Waals surface area contributed by atoms with E-state index in [1.165, 1.54) is 22.6 Å². The minimum Gasteiger partial charge on any atom is -0.0622 e. The summed E-state index contributed by atoms with van der Waals surface area (Å²) in [5.41, 5.74) is 3.87. The van der Waals surface area contributed by atoms with Crippen molar-refractivity contribution in [1.29, 1.82) is 0 Å². The van der Waals surface area contributed by atoms with E-state index in [-0.39, 0.29) is 0 Å². The van der Waals surface area contributed by atoms with Gasteiger partial charge in [0.15, 0.2) is 0 Å². The molecule has 0 amide bonds. The number of hydrogen-bond acceptors (Lipinski definition) is 0. The Morgan fingerprint density at radius 1 is 0.667 bits per heavy atom. The van der Waals surface area contributed by atoms with Crippen molar-refractivity contribution in [2.45, 2.75) is 13.8 Å². The fourth-order valence-corrected chi connectivity index (χ4v) is 1.63. The molecule has 0 saturated carbocycles. The van der Waals surface area contributed by atoms with Crippen molar-refractivity contribution in [3.63, 3.8) is 0 Å². The van der Waals surface area contributed by atoms with Crippen LogP contribution in [-0.4, -0.2) is 0 Å². The quantitative estimate of drug-likeness (QED) is 0.626. The average molecular weight is 195 g/mol. The zero-order valence-corrected chi connectivity index (χ0v) is 9.20. The third kappa shape index (κ3) is 2.21. The van der Waals surface area contributed by atoms with E-state index in [0.29, 0.717) is 0 Å². The van der Waals surface area contributed by atoms with Gasteiger partial charge in [-0.1, -0.05) is 30.3 Å². The minimum absolute atomic E-state index is 1.28. The van der Waals surface area contributed by atoms with Crippen LogP contribution in [0.5, 0.6) is 0 Å². The molecule has 0 heterocycles. The van der Waals surface area contributed by atoms with E-state index in [2.05, 4.69) is 62.4 Å². The Hall–Kier alpha value is -1.69. The van der Waals surface area contributed by atoms with Crippen LogP contribution in [0.25, 0.3) is 11.1 Å². The van der Waals surface area contributed by atoms with Gasteiger partial charge in [0.1, 0.15) is 5.56 Å². The molecule has 0 fully saturated rings. The SMILES string of the molecule is C[C+](C)c1ccc(-c2ccccc2)cc1. The summed E-state index contributed by atoms with van der Waals surface area (Å²) in [5, 5.41) is 0. The molecule has 0 aliphatic rings. The summed E-state index contributed by atoms with van der Waals surface area (Å²) in [6.45, 7) is 4.27. The fraction of sp³-hybridized carbons (Fsp3) is 0.133. The topological polar surface area (TPSA) is 0 Å². The average Bonchev–Trinajstić information content (AvgIpc) is 2.30. The van der Waals surface area contributed by atoms with Gasteiger partial charge >= 0.3 is 0 Å². The lowest BCUT2D eigenvalue weighted by Crippen LogP contribution is -1.87. The Labute approximate surface area is 91.6 Å². The maximum absolute atomic E-state index is 2.18. The van der Waals surface area contributed by atoms with Gasteiger partial charge in [0, 0.05) is 49.6 Å². The molecule has 0 unspecified atom stereocenters. The Morgan fingerprint density at radius 2 is 1.20 bits per heavy atom. The summed E-state index contributed by atoms with van der Waals surface area (Å²) in [5.74, 6) is 1.36. The van der Waals surface area contributed by atoms with Crippen LogP contribution in [0.1, 0.15) is 19.4 Å². The zero-order chi connectivity index (χ0) is 10.7. The van der Waals surface area contributed by atoms with Crippen molar-refractivity contribution >= 4 is 0 Å². The fourth-order valence-electron chi connectivity index (χ4n) is 1.63. The third-order valence-corrected chi connectivity index (χ3v) is 2.57. The van der Waals surface area contributed by atoms with Crippen LogP contribution in [0.3, 0.4) is 0 Å². The first-order valence-corrected chi connectivity index (χ1v) is 5.23. The molecule has 0 aliphatic carbocycles. The first-order chi connectivity index (χ1) is 7.27. The summed E-state index contributed by atoms with van der Waals surface area (Å²) < 4.78 is 0. The van der Waals surface area contributed by atoms with E-state index in [9.17, 15) is 0 Å². The van der Waals surface area contributed by atoms with Crippen LogP contribution >= 0.6 is 0 Å². The minimum atomic E-state index is 1.28. The third-order valence-electron chi connectivity index (χ3n) is 2.57. The van der Waals surface area contributed by atoms with Crippen LogP contribution in [0.2, 0.25) is 0 Å². The van der Waals surface area contributed by atoms with Crippen LogP contribution < -0.4 is 0 Å². The number of rotatable bonds is 2. The van der Waals surface area contributed by atoms with Crippen LogP contribution in [0.15, 0.2) is 54.6 Å². The lowest BCUT2D eigenvalue weighted by atomic mass is 9.99. The molecular weight excluding hydrogens is 180 g/mol. The molecule has 2 rings (SSSR count). The first-order valence-electron chi connectivity index (χ1n) is 5.23. The van der Waals surface area contributed by atoms with Gasteiger partial charge in [-0.15, -0.1) is 0 Å². The summed E-state index contributed by atoms with van der Waals surface area (Å²) in [6.07, 6.45) is 0. The van der Waals surface area contributed by atoms with E-state index in [1.807, 2.05) is 6.07 Å². The molecule has 0 spiro atoms. The predicted molar refractivity (Wildman–Crippen MR) is 65.6 cm³/mol. The molecular formula is C15H15+. The second-order valence-electron chi connectivity index (χ2n) is 3.94. The molecule has 2 aromatic rings. The predicted octanol–water partition coefficient (Wildman–Crippen LogP) is 4.32. The van der Waals surface area contributed by atoms with E-state index >= 15 is 0 Å². The van der Waals surface area contributed by atoms with Crippen LogP contribution in [0.4, 0.5) is 0 Å². The number of benzene rings is 2. The van der Waals surface area contributed by atoms with Crippen LogP contribution in [0, 0.1) is 5.92 Å². The molecule has 0 N–H and O–H groups in total. The molecule has 0 saturated heterocycles. The van der Waals surface area contributed by atoms with Gasteiger partial charge in [-0.05, 0) is 5.56 Å². The Balaban J connectivity index is 2.32. The lowest BCUT2D eigenvalue weighted by Gasteiger charge is -2.00. The van der Waals surface area contributed by atoms with E-state index in [4.69, 9.17) is 0 Å². The van der Waals surface area contributed by atoms with Crippen molar-refractivity contribution in [3.05, 3.63) is 66.1 Å². The lowest BCUT2D eigenvalue weighted by molar-refractivity contribution is 1.15. The highest BCUT2D eigenvalue weighted by molar-refractivity contribution is 5.63. The summed E-state index contributed by atoms with van der Waals surface area (Å²) in [6, 6.07) is 19.2. The zero-order valence-electron chi connectivity index (χ0n) is 9.20. The molecule has 0 bridgehead atoms. The van der Waals surface area contributed by atoms with Crippen molar-refractivity contribution in [1.82, 2.24) is 0 Å². The summed E-state index contributed by atoms with van der Waals surface area (Å²) in [4.78, 5) is 0. The molecule has 0 radical (unpaired) electrons. The normalized spacial score (nSPS) is 10.0. The molecule has 0 nitrogen and oxygen atoms in total. The molecule has 0 atom stereocenters. The highest BCUT2D eigenvalue weighted by Crippen LogP contribution is 2.21. The van der Waals surface area contributed by atoms with Crippen molar-refractivity contribution < 1.29 is 0 Å². The number of hydrogen-bond donors (Lipinski definition) is 0. The Morgan fingerprint density at radius 3 is 1.73 bits per heavy atom. The molecule has 0 aliphatic heterocycles. The van der Waals surface area contributed by atoms with Gasteiger partial charge in [-0.2, -0.15) is 0 Å². The Kier molecular flexibility index (Phi) is 2.77. The largest absolute Gasteiger partial charge is 0.132 e. The van der Waals surface area contributed by atoms with Gasteiger partial charge in [-0.25, -0.2) is 0 Å². The second kappa shape index (κ2) is 4.22. The van der Waals surface area contributed by atoms with E-state index in [1.54, 1.807) is 0 Å². The van der Waals surface area contributed by atoms with E-state index < -0.39 is 0 Å². The van der Waals surface area contributed by atoms with E-state index in [0.717, 1.165) is 0 Å². The summed E-state index contributed by atoms with van der Waals surface area (Å²) >= 11 is 0. The van der Waals surface area contributed by atoms with Gasteiger partial charge in [0.25, 0.3) is 0 Å². The molecule has 74 valence electrons. The maximum Gasteiger partial charge on any atom is 0.132 e. The van der Waals surface area contributed by atoms with Gasteiger partial charge in [-0.3, -0.25) is 0 Å². The van der Waals surface area contributed by atoms with Crippen molar-refractivity contribution in [2.24, 2.45) is 0 Å². The standard InChI is InChI=1S/C15H15/c1-12(2)13-8-10-15(11-9-13)14-6-4-3-5-7-14/h3-11H,1-2H3/q+1. The molecule has 0 heteroatoms. The van der Waals surface area contributed by atoms with Gasteiger partial charge < -0.3 is 0 Å². The monoisotopic (exact) mass is 195 g/mol. The molecule has 2 aromatic carbocycles. The first kappa shape index (κ1) is 9.85.